The van der Waals surface area contributed by atoms with Gasteiger partial charge < -0.3 is 20.8 Å². The molecule has 0 aliphatic heterocycles. The molecule has 1 unspecified atom stereocenters. The van der Waals surface area contributed by atoms with Crippen LogP contribution < -0.4 is 27.2 Å². The topological polar surface area (TPSA) is 127 Å². The van der Waals surface area contributed by atoms with Crippen LogP contribution in [0.15, 0.2) is 81.4 Å². The summed E-state index contributed by atoms with van der Waals surface area (Å²) in [6.07, 6.45) is 6.28. The molecule has 29 heavy (non-hydrogen) atoms. The van der Waals surface area contributed by atoms with Crippen molar-refractivity contribution in [1.82, 2.24) is 4.98 Å². The van der Waals surface area contributed by atoms with Crippen LogP contribution in [0.2, 0.25) is 0 Å². The number of nitrogens with zero attached hydrogens (tertiary/aromatic N) is 1. The number of hydrogen-bond donors (Lipinski definition) is 3. The first kappa shape index (κ1) is 18.2. The van der Waals surface area contributed by atoms with Gasteiger partial charge in [-0.15, -0.1) is 0 Å². The third-order valence-electron chi connectivity index (χ3n) is 4.53. The molecule has 1 atom stereocenters. The van der Waals surface area contributed by atoms with Crippen LogP contribution >= 0.6 is 0 Å². The number of nitrogens with one attached hydrogen (secondary N) is 2. The molecule has 4 rings (SSSR count). The summed E-state index contributed by atoms with van der Waals surface area (Å²) in [4.78, 5) is 40.0. The van der Waals surface area contributed by atoms with E-state index in [0.717, 1.165) is 11.1 Å². The fourth-order valence-corrected chi connectivity index (χ4v) is 2.99. The van der Waals surface area contributed by atoms with Crippen molar-refractivity contribution >= 4 is 23.0 Å². The highest BCUT2D eigenvalue weighted by Gasteiger charge is 2.26. The highest BCUT2D eigenvalue weighted by atomic mass is 16.3. The molecule has 0 spiro atoms. The SMILES string of the molecule is NC(=O)C(Nc1c(Nc2ccncc2)c(=O)c1=O)c1ccc(-c2ccoc2)cc1. The van der Waals surface area contributed by atoms with Crippen LogP contribution in [-0.4, -0.2) is 10.9 Å². The summed E-state index contributed by atoms with van der Waals surface area (Å²) in [5, 5.41) is 5.69. The number of furan rings is 1. The highest BCUT2D eigenvalue weighted by Crippen LogP contribution is 2.27. The predicted octanol–water partition coefficient (Wildman–Crippen LogP) is 2.32. The number of anilines is 3. The highest BCUT2D eigenvalue weighted by molar-refractivity contribution is 5.88. The number of primary amides is 1. The van der Waals surface area contributed by atoms with E-state index in [1.54, 1.807) is 49.2 Å². The van der Waals surface area contributed by atoms with Gasteiger partial charge in [-0.05, 0) is 29.3 Å². The molecule has 0 radical (unpaired) electrons. The van der Waals surface area contributed by atoms with Gasteiger partial charge >= 0.3 is 0 Å². The van der Waals surface area contributed by atoms with Crippen LogP contribution in [0.4, 0.5) is 17.1 Å². The number of aromatic nitrogens is 1. The number of hydrogen-bond acceptors (Lipinski definition) is 7. The second kappa shape index (κ2) is 7.43. The minimum absolute atomic E-state index is 0.0227. The summed E-state index contributed by atoms with van der Waals surface area (Å²) in [5.41, 5.74) is 7.23. The number of carbonyl (C=O) groups excluding carboxylic acids is 1. The van der Waals surface area contributed by atoms with Crippen molar-refractivity contribution in [2.24, 2.45) is 5.73 Å². The molecule has 0 saturated carbocycles. The van der Waals surface area contributed by atoms with Crippen molar-refractivity contribution in [3.8, 4) is 11.1 Å². The Morgan fingerprint density at radius 3 is 2.24 bits per heavy atom. The van der Waals surface area contributed by atoms with Crippen molar-refractivity contribution in [3.05, 3.63) is 93.4 Å². The number of pyridine rings is 1. The Morgan fingerprint density at radius 2 is 1.62 bits per heavy atom. The van der Waals surface area contributed by atoms with Crippen molar-refractivity contribution in [3.63, 3.8) is 0 Å². The zero-order valence-corrected chi connectivity index (χ0v) is 15.1. The molecule has 0 aliphatic rings. The van der Waals surface area contributed by atoms with Gasteiger partial charge in [0.05, 0.1) is 12.5 Å². The molecule has 0 saturated heterocycles. The predicted molar refractivity (Wildman–Crippen MR) is 109 cm³/mol. The lowest BCUT2D eigenvalue weighted by atomic mass is 10.0. The Hall–Kier alpha value is -4.20. The first-order chi connectivity index (χ1) is 14.0. The number of rotatable bonds is 7. The van der Waals surface area contributed by atoms with Crippen molar-refractivity contribution in [1.29, 1.82) is 0 Å². The first-order valence-corrected chi connectivity index (χ1v) is 8.73. The third kappa shape index (κ3) is 3.51. The second-order valence-corrected chi connectivity index (χ2v) is 6.38. The molecule has 0 aliphatic carbocycles. The molecule has 4 N–H and O–H groups in total. The van der Waals surface area contributed by atoms with Crippen molar-refractivity contribution in [2.45, 2.75) is 6.04 Å². The van der Waals surface area contributed by atoms with E-state index in [0.29, 0.717) is 11.3 Å². The Balaban J connectivity index is 1.60. The van der Waals surface area contributed by atoms with Gasteiger partial charge in [-0.2, -0.15) is 0 Å². The maximum atomic E-state index is 12.1. The monoisotopic (exact) mass is 388 g/mol. The van der Waals surface area contributed by atoms with E-state index in [-0.39, 0.29) is 11.4 Å². The maximum absolute atomic E-state index is 12.1. The van der Waals surface area contributed by atoms with Crippen LogP contribution in [0, 0.1) is 0 Å². The van der Waals surface area contributed by atoms with E-state index < -0.39 is 22.8 Å². The van der Waals surface area contributed by atoms with E-state index in [9.17, 15) is 14.4 Å². The third-order valence-corrected chi connectivity index (χ3v) is 4.53. The lowest BCUT2D eigenvalue weighted by Crippen LogP contribution is -2.39. The van der Waals surface area contributed by atoms with Gasteiger partial charge in [-0.1, -0.05) is 24.3 Å². The summed E-state index contributed by atoms with van der Waals surface area (Å²) in [5.74, 6) is -0.677. The molecular weight excluding hydrogens is 372 g/mol. The van der Waals surface area contributed by atoms with Gasteiger partial charge in [0.2, 0.25) is 5.91 Å². The molecule has 0 bridgehead atoms. The fraction of sp³-hybridized carbons (Fsp3) is 0.0476. The average molecular weight is 388 g/mol. The van der Waals surface area contributed by atoms with Gasteiger partial charge in [-0.25, -0.2) is 0 Å². The van der Waals surface area contributed by atoms with E-state index in [4.69, 9.17) is 10.2 Å². The maximum Gasteiger partial charge on any atom is 0.253 e. The minimum Gasteiger partial charge on any atom is -0.472 e. The Labute approximate surface area is 164 Å². The number of amides is 1. The standard InChI is InChI=1S/C21H16N4O4/c22-21(28)16(13-3-1-12(2-4-13)14-7-10-29-11-14)25-18-17(19(26)20(18)27)24-15-5-8-23-9-6-15/h1-11,16,25H,(H2,22,28)(H,23,24). The van der Waals surface area contributed by atoms with Gasteiger partial charge in [0.25, 0.3) is 10.9 Å². The van der Waals surface area contributed by atoms with Crippen molar-refractivity contribution < 1.29 is 9.21 Å². The average Bonchev–Trinajstić information content (AvgIpc) is 3.28. The Bertz CT molecular complexity index is 1210. The van der Waals surface area contributed by atoms with Gasteiger partial charge in [0.1, 0.15) is 17.4 Å². The molecule has 2 heterocycles. The lowest BCUT2D eigenvalue weighted by molar-refractivity contribution is -0.118. The van der Waals surface area contributed by atoms with E-state index in [2.05, 4.69) is 15.6 Å². The fourth-order valence-electron chi connectivity index (χ4n) is 2.99. The summed E-state index contributed by atoms with van der Waals surface area (Å²) >= 11 is 0. The van der Waals surface area contributed by atoms with Gasteiger partial charge in [-0.3, -0.25) is 19.4 Å². The van der Waals surface area contributed by atoms with Crippen molar-refractivity contribution in [2.75, 3.05) is 10.6 Å². The molecule has 8 heteroatoms. The number of benzene rings is 1. The lowest BCUT2D eigenvalue weighted by Gasteiger charge is -2.21. The smallest absolute Gasteiger partial charge is 0.253 e. The minimum atomic E-state index is -0.977. The summed E-state index contributed by atoms with van der Waals surface area (Å²) in [6.45, 7) is 0. The number of carbonyl (C=O) groups is 1. The van der Waals surface area contributed by atoms with Crippen LogP contribution in [0.5, 0.6) is 0 Å². The van der Waals surface area contributed by atoms with Gasteiger partial charge in [0, 0.05) is 23.6 Å². The summed E-state index contributed by atoms with van der Waals surface area (Å²) in [6, 6.07) is 11.2. The molecule has 4 aromatic rings. The van der Waals surface area contributed by atoms with E-state index in [1.165, 1.54) is 0 Å². The van der Waals surface area contributed by atoms with Crippen LogP contribution in [0.25, 0.3) is 11.1 Å². The summed E-state index contributed by atoms with van der Waals surface area (Å²) < 4.78 is 5.07. The second-order valence-electron chi connectivity index (χ2n) is 6.38. The molecule has 2 aromatic carbocycles. The zero-order valence-electron chi connectivity index (χ0n) is 15.1. The van der Waals surface area contributed by atoms with Gasteiger partial charge in [0.15, 0.2) is 0 Å². The van der Waals surface area contributed by atoms with Crippen LogP contribution in [-0.2, 0) is 4.79 Å². The molecule has 2 aromatic heterocycles. The Morgan fingerprint density at radius 1 is 0.931 bits per heavy atom. The molecule has 0 fully saturated rings. The largest absolute Gasteiger partial charge is 0.472 e. The molecule has 1 amide bonds. The Kier molecular flexibility index (Phi) is 4.66. The summed E-state index contributed by atoms with van der Waals surface area (Å²) in [7, 11) is 0. The number of nitrogens with two attached hydrogens (primary N) is 1. The van der Waals surface area contributed by atoms with E-state index in [1.807, 2.05) is 18.2 Å². The molecular formula is C21H16N4O4. The zero-order chi connectivity index (χ0) is 20.4. The first-order valence-electron chi connectivity index (χ1n) is 8.73. The van der Waals surface area contributed by atoms with Crippen LogP contribution in [0.3, 0.4) is 0 Å². The molecule has 8 nitrogen and oxygen atoms in total. The normalized spacial score (nSPS) is 11.9. The van der Waals surface area contributed by atoms with Crippen LogP contribution in [0.1, 0.15) is 11.6 Å². The van der Waals surface area contributed by atoms with E-state index >= 15 is 0 Å². The molecule has 144 valence electrons. The quantitative estimate of drug-likeness (QED) is 0.415.